The van der Waals surface area contributed by atoms with E-state index in [2.05, 4.69) is 37.1 Å². The molecule has 1 fully saturated rings. The quantitative estimate of drug-likeness (QED) is 0.828. The number of nitrogens with one attached hydrogen (secondary N) is 1. The predicted molar refractivity (Wildman–Crippen MR) is 89.8 cm³/mol. The van der Waals surface area contributed by atoms with Gasteiger partial charge in [-0.25, -0.2) is 0 Å². The van der Waals surface area contributed by atoms with Crippen molar-refractivity contribution < 1.29 is 0 Å². The van der Waals surface area contributed by atoms with Gasteiger partial charge in [-0.15, -0.1) is 11.3 Å². The second-order valence-electron chi connectivity index (χ2n) is 6.00. The molecule has 0 amide bonds. The Balaban J connectivity index is 1.79. The number of halogens is 1. The number of thiophene rings is 1. The maximum absolute atomic E-state index is 6.02. The monoisotopic (exact) mass is 314 g/mol. The van der Waals surface area contributed by atoms with Crippen molar-refractivity contribution >= 4 is 22.9 Å². The zero-order valence-electron chi connectivity index (χ0n) is 12.9. The largest absolute Gasteiger partial charge is 0.307 e. The van der Waals surface area contributed by atoms with Gasteiger partial charge in [0.1, 0.15) is 0 Å². The average Bonchev–Trinajstić information content (AvgIpc) is 2.86. The van der Waals surface area contributed by atoms with E-state index in [1.54, 1.807) is 11.3 Å². The van der Waals surface area contributed by atoms with E-state index in [0.29, 0.717) is 12.1 Å². The zero-order valence-corrected chi connectivity index (χ0v) is 14.4. The summed E-state index contributed by atoms with van der Waals surface area (Å²) in [5, 5.41) is 3.76. The summed E-state index contributed by atoms with van der Waals surface area (Å²) in [4.78, 5) is 3.94. The normalized spacial score (nSPS) is 21.0. The van der Waals surface area contributed by atoms with Crippen LogP contribution in [0.2, 0.25) is 4.34 Å². The SMILES string of the molecule is CCCN1CCC(C(C)NC(C)c2ccc(Cl)s2)CC1. The van der Waals surface area contributed by atoms with Gasteiger partial charge in [-0.3, -0.25) is 0 Å². The first-order valence-corrected chi connectivity index (χ1v) is 9.03. The lowest BCUT2D eigenvalue weighted by atomic mass is 9.90. The summed E-state index contributed by atoms with van der Waals surface area (Å²) in [5.41, 5.74) is 0. The summed E-state index contributed by atoms with van der Waals surface area (Å²) >= 11 is 7.71. The molecule has 1 N–H and O–H groups in total. The van der Waals surface area contributed by atoms with E-state index in [-0.39, 0.29) is 0 Å². The van der Waals surface area contributed by atoms with Gasteiger partial charge in [0.15, 0.2) is 0 Å². The molecule has 2 nitrogen and oxygen atoms in total. The topological polar surface area (TPSA) is 15.3 Å². The summed E-state index contributed by atoms with van der Waals surface area (Å²) in [7, 11) is 0. The van der Waals surface area contributed by atoms with Crippen LogP contribution in [0.15, 0.2) is 12.1 Å². The standard InChI is InChI=1S/C16H27ClN2S/c1-4-9-19-10-7-14(8-11-19)12(2)18-13(3)15-5-6-16(17)20-15/h5-6,12-14,18H,4,7-11H2,1-3H3. The van der Waals surface area contributed by atoms with E-state index in [0.717, 1.165) is 10.3 Å². The van der Waals surface area contributed by atoms with Gasteiger partial charge in [-0.2, -0.15) is 0 Å². The predicted octanol–water partition coefficient (Wildman–Crippen LogP) is 4.56. The molecule has 20 heavy (non-hydrogen) atoms. The minimum absolute atomic E-state index is 0.399. The first kappa shape index (κ1) is 16.3. The van der Waals surface area contributed by atoms with E-state index in [1.807, 2.05) is 6.07 Å². The summed E-state index contributed by atoms with van der Waals surface area (Å²) in [6.07, 6.45) is 3.92. The van der Waals surface area contributed by atoms with Crippen LogP contribution < -0.4 is 5.32 Å². The number of piperidine rings is 1. The Hall–Kier alpha value is -0.0900. The first-order chi connectivity index (χ1) is 9.60. The lowest BCUT2D eigenvalue weighted by Gasteiger charge is -2.36. The molecule has 1 aromatic rings. The summed E-state index contributed by atoms with van der Waals surface area (Å²) in [6.45, 7) is 10.6. The molecule has 1 saturated heterocycles. The van der Waals surface area contributed by atoms with Gasteiger partial charge in [0.25, 0.3) is 0 Å². The first-order valence-electron chi connectivity index (χ1n) is 7.83. The van der Waals surface area contributed by atoms with Gasteiger partial charge in [-0.1, -0.05) is 18.5 Å². The van der Waals surface area contributed by atoms with Crippen molar-refractivity contribution in [2.45, 2.75) is 52.1 Å². The van der Waals surface area contributed by atoms with Crippen LogP contribution in [0.4, 0.5) is 0 Å². The molecule has 0 bridgehead atoms. The molecule has 4 heteroatoms. The van der Waals surface area contributed by atoms with Crippen LogP contribution in [0.25, 0.3) is 0 Å². The highest BCUT2D eigenvalue weighted by atomic mass is 35.5. The maximum atomic E-state index is 6.02. The molecule has 2 rings (SSSR count). The molecule has 0 aromatic carbocycles. The lowest BCUT2D eigenvalue weighted by Crippen LogP contribution is -2.42. The van der Waals surface area contributed by atoms with Crippen LogP contribution in [0, 0.1) is 5.92 Å². The summed E-state index contributed by atoms with van der Waals surface area (Å²) in [6, 6.07) is 5.11. The minimum atomic E-state index is 0.399. The average molecular weight is 315 g/mol. The van der Waals surface area contributed by atoms with E-state index in [1.165, 1.54) is 43.8 Å². The van der Waals surface area contributed by atoms with Crippen molar-refractivity contribution in [2.24, 2.45) is 5.92 Å². The molecule has 2 atom stereocenters. The van der Waals surface area contributed by atoms with Crippen LogP contribution in [0.5, 0.6) is 0 Å². The fourth-order valence-electron chi connectivity index (χ4n) is 3.17. The van der Waals surface area contributed by atoms with E-state index >= 15 is 0 Å². The Kier molecular flexibility index (Phi) is 6.34. The molecule has 0 saturated carbocycles. The van der Waals surface area contributed by atoms with Crippen molar-refractivity contribution in [3.63, 3.8) is 0 Å². The number of hydrogen-bond acceptors (Lipinski definition) is 3. The van der Waals surface area contributed by atoms with Crippen LogP contribution in [0.3, 0.4) is 0 Å². The molecule has 2 heterocycles. The number of nitrogens with zero attached hydrogens (tertiary/aromatic N) is 1. The Morgan fingerprint density at radius 1 is 1.35 bits per heavy atom. The third-order valence-corrected chi connectivity index (χ3v) is 5.83. The van der Waals surface area contributed by atoms with E-state index < -0.39 is 0 Å². The molecule has 0 aliphatic carbocycles. The molecule has 1 aliphatic rings. The Bertz CT molecular complexity index is 399. The third-order valence-electron chi connectivity index (χ3n) is 4.41. The third kappa shape index (κ3) is 4.45. The molecular weight excluding hydrogens is 288 g/mol. The van der Waals surface area contributed by atoms with Crippen LogP contribution >= 0.6 is 22.9 Å². The fourth-order valence-corrected chi connectivity index (χ4v) is 4.24. The van der Waals surface area contributed by atoms with Gasteiger partial charge in [0.2, 0.25) is 0 Å². The number of rotatable bonds is 6. The highest BCUT2D eigenvalue weighted by Gasteiger charge is 2.24. The molecule has 1 aromatic heterocycles. The highest BCUT2D eigenvalue weighted by molar-refractivity contribution is 7.16. The molecule has 2 unspecified atom stereocenters. The number of likely N-dealkylation sites (tertiary alicyclic amines) is 1. The van der Waals surface area contributed by atoms with Gasteiger partial charge in [0.05, 0.1) is 4.34 Å². The van der Waals surface area contributed by atoms with E-state index in [4.69, 9.17) is 11.6 Å². The minimum Gasteiger partial charge on any atom is -0.307 e. The highest BCUT2D eigenvalue weighted by Crippen LogP contribution is 2.28. The van der Waals surface area contributed by atoms with Crippen molar-refractivity contribution in [3.05, 3.63) is 21.3 Å². The molecule has 1 aliphatic heterocycles. The molecule has 0 spiro atoms. The molecule has 0 radical (unpaired) electrons. The van der Waals surface area contributed by atoms with Gasteiger partial charge < -0.3 is 10.2 Å². The lowest BCUT2D eigenvalue weighted by molar-refractivity contribution is 0.159. The maximum Gasteiger partial charge on any atom is 0.0931 e. The van der Waals surface area contributed by atoms with Crippen molar-refractivity contribution in [1.82, 2.24) is 10.2 Å². The second kappa shape index (κ2) is 7.79. The zero-order chi connectivity index (χ0) is 14.5. The Labute approximate surface area is 132 Å². The van der Waals surface area contributed by atoms with Gasteiger partial charge in [-0.05, 0) is 70.8 Å². The van der Waals surface area contributed by atoms with Crippen LogP contribution in [-0.2, 0) is 0 Å². The van der Waals surface area contributed by atoms with Gasteiger partial charge in [0, 0.05) is 17.0 Å². The molecular formula is C16H27ClN2S. The number of hydrogen-bond donors (Lipinski definition) is 1. The van der Waals surface area contributed by atoms with Crippen molar-refractivity contribution in [3.8, 4) is 0 Å². The summed E-state index contributed by atoms with van der Waals surface area (Å²) in [5.74, 6) is 0.806. The smallest absolute Gasteiger partial charge is 0.0931 e. The van der Waals surface area contributed by atoms with Crippen molar-refractivity contribution in [1.29, 1.82) is 0 Å². The van der Waals surface area contributed by atoms with Gasteiger partial charge >= 0.3 is 0 Å². The Morgan fingerprint density at radius 3 is 2.60 bits per heavy atom. The van der Waals surface area contributed by atoms with E-state index in [9.17, 15) is 0 Å². The van der Waals surface area contributed by atoms with Crippen LogP contribution in [-0.4, -0.2) is 30.6 Å². The molecule has 114 valence electrons. The van der Waals surface area contributed by atoms with Crippen LogP contribution in [0.1, 0.15) is 51.0 Å². The Morgan fingerprint density at radius 2 is 2.05 bits per heavy atom. The summed E-state index contributed by atoms with van der Waals surface area (Å²) < 4.78 is 0.883. The van der Waals surface area contributed by atoms with Crippen molar-refractivity contribution in [2.75, 3.05) is 19.6 Å². The fraction of sp³-hybridized carbons (Fsp3) is 0.750. The second-order valence-corrected chi connectivity index (χ2v) is 7.74.